The maximum absolute atomic E-state index is 13.4. The van der Waals surface area contributed by atoms with Crippen LogP contribution in [0.1, 0.15) is 106 Å². The minimum atomic E-state index is -1.36. The first kappa shape index (κ1) is 38.1. The van der Waals surface area contributed by atoms with Gasteiger partial charge in [-0.3, -0.25) is 39.4 Å². The molecular formula is C28H50N4O9. The Morgan fingerprint density at radius 2 is 1.12 bits per heavy atom. The average molecular weight is 587 g/mol. The van der Waals surface area contributed by atoms with E-state index in [1.807, 2.05) is 0 Å². The molecule has 8 N–H and O–H groups in total. The predicted octanol–water partition coefficient (Wildman–Crippen LogP) is 1.60. The first-order valence-corrected chi connectivity index (χ1v) is 14.2. The van der Waals surface area contributed by atoms with Crippen LogP contribution in [0.25, 0.3) is 0 Å². The zero-order chi connectivity index (χ0) is 32.2. The molecule has 0 heterocycles. The lowest BCUT2D eigenvalue weighted by Gasteiger charge is -2.37. The molecule has 13 heteroatoms. The van der Waals surface area contributed by atoms with Crippen LogP contribution in [0.15, 0.2) is 0 Å². The molecule has 0 bridgehead atoms. The third-order valence-electron chi connectivity index (χ3n) is 7.48. The number of Topliss-reactive ketones (excluding diaryl/α,β-unsaturated/α-hetero) is 2. The summed E-state index contributed by atoms with van der Waals surface area (Å²) in [5, 5.41) is 37.0. The Morgan fingerprint density at radius 3 is 1.49 bits per heavy atom. The maximum Gasteiger partial charge on any atom is 0.320 e. The molecule has 0 fully saturated rings. The van der Waals surface area contributed by atoms with Crippen LogP contribution in [0.3, 0.4) is 0 Å². The first-order valence-electron chi connectivity index (χ1n) is 14.2. The zero-order valence-electron chi connectivity index (χ0n) is 25.5. The fourth-order valence-corrected chi connectivity index (χ4v) is 4.88. The number of nitrogens with one attached hydrogen (secondary N) is 3. The van der Waals surface area contributed by atoms with Crippen molar-refractivity contribution in [2.24, 2.45) is 5.73 Å². The molecule has 0 aromatic carbocycles. The van der Waals surface area contributed by atoms with Crippen LogP contribution >= 0.6 is 0 Å². The molecule has 0 saturated heterocycles. The second-order valence-corrected chi connectivity index (χ2v) is 11.5. The van der Waals surface area contributed by atoms with E-state index in [9.17, 15) is 39.0 Å². The Hall–Kier alpha value is -2.90. The lowest BCUT2D eigenvalue weighted by molar-refractivity contribution is -0.142. The van der Waals surface area contributed by atoms with Gasteiger partial charge in [0, 0.05) is 24.8 Å². The van der Waals surface area contributed by atoms with E-state index in [0.717, 1.165) is 0 Å². The van der Waals surface area contributed by atoms with E-state index in [1.54, 1.807) is 48.5 Å². The highest BCUT2D eigenvalue weighted by Crippen LogP contribution is 2.25. The summed E-state index contributed by atoms with van der Waals surface area (Å²) in [4.78, 5) is 74.2. The van der Waals surface area contributed by atoms with Crippen molar-refractivity contribution < 1.29 is 44.1 Å². The van der Waals surface area contributed by atoms with Crippen molar-refractivity contribution in [1.29, 1.82) is 0 Å². The van der Waals surface area contributed by atoms with Gasteiger partial charge >= 0.3 is 17.9 Å². The van der Waals surface area contributed by atoms with Gasteiger partial charge in [0.15, 0.2) is 11.6 Å². The summed E-state index contributed by atoms with van der Waals surface area (Å²) in [7, 11) is 0. The number of carbonyl (C=O) groups excluding carboxylic acids is 3. The minimum Gasteiger partial charge on any atom is -0.481 e. The van der Waals surface area contributed by atoms with Crippen LogP contribution in [-0.4, -0.2) is 85.4 Å². The molecule has 0 aliphatic rings. The molecule has 236 valence electrons. The third-order valence-corrected chi connectivity index (χ3v) is 7.48. The van der Waals surface area contributed by atoms with Crippen LogP contribution in [0, 0.1) is 0 Å². The maximum atomic E-state index is 13.4. The molecule has 41 heavy (non-hydrogen) atoms. The monoisotopic (exact) mass is 586 g/mol. The summed E-state index contributed by atoms with van der Waals surface area (Å²) in [6.07, 6.45) is -0.585. The number of aliphatic carboxylic acids is 3. The van der Waals surface area contributed by atoms with E-state index in [-0.39, 0.29) is 51.4 Å². The molecule has 0 radical (unpaired) electrons. The van der Waals surface area contributed by atoms with Crippen molar-refractivity contribution in [2.75, 3.05) is 0 Å². The smallest absolute Gasteiger partial charge is 0.320 e. The second kappa shape index (κ2) is 16.5. The van der Waals surface area contributed by atoms with Crippen LogP contribution in [0.2, 0.25) is 0 Å². The first-order chi connectivity index (χ1) is 18.8. The highest BCUT2D eigenvalue weighted by atomic mass is 16.4. The number of carbonyl (C=O) groups is 6. The fraction of sp³-hybridized carbons (Fsp3) is 0.786. The molecule has 3 atom stereocenters. The van der Waals surface area contributed by atoms with E-state index in [2.05, 4.69) is 16.0 Å². The summed E-state index contributed by atoms with van der Waals surface area (Å²) in [6, 6.07) is -3.78. The van der Waals surface area contributed by atoms with E-state index >= 15 is 0 Å². The Morgan fingerprint density at radius 1 is 0.707 bits per heavy atom. The molecule has 13 nitrogen and oxygen atoms in total. The zero-order valence-corrected chi connectivity index (χ0v) is 25.5. The highest BCUT2D eigenvalue weighted by molar-refractivity contribution is 5.96. The SMILES string of the molecule is CCC(CC)(N[C@@H](CCC(=O)O)C(=O)O)C(=O)CC[C@H](NC(CC)(CC)C(=O)[C@@H](N)CC(=O)NC(C)(C)C)C(=O)O. The molecule has 0 saturated carbocycles. The Kier molecular flexibility index (Phi) is 15.4. The lowest BCUT2D eigenvalue weighted by Crippen LogP contribution is -2.62. The van der Waals surface area contributed by atoms with Gasteiger partial charge in [-0.25, -0.2) is 0 Å². The molecule has 0 aliphatic carbocycles. The Bertz CT molecular complexity index is 937. The van der Waals surface area contributed by atoms with Crippen LogP contribution in [0.4, 0.5) is 0 Å². The fourth-order valence-electron chi connectivity index (χ4n) is 4.88. The van der Waals surface area contributed by atoms with Crippen LogP contribution < -0.4 is 21.7 Å². The second-order valence-electron chi connectivity index (χ2n) is 11.5. The van der Waals surface area contributed by atoms with E-state index < -0.39 is 76.5 Å². The van der Waals surface area contributed by atoms with Crippen molar-refractivity contribution >= 4 is 35.4 Å². The van der Waals surface area contributed by atoms with Crippen LogP contribution in [0.5, 0.6) is 0 Å². The third kappa shape index (κ3) is 11.9. The number of ketones is 2. The summed E-state index contributed by atoms with van der Waals surface area (Å²) in [5.74, 6) is -5.09. The largest absolute Gasteiger partial charge is 0.481 e. The number of carboxylic acid groups (broad SMARTS) is 3. The topological polar surface area (TPSA) is 225 Å². The van der Waals surface area contributed by atoms with E-state index in [0.29, 0.717) is 0 Å². The van der Waals surface area contributed by atoms with Crippen molar-refractivity contribution in [3.05, 3.63) is 0 Å². The predicted molar refractivity (Wildman–Crippen MR) is 152 cm³/mol. The Labute approximate surface area is 242 Å². The lowest BCUT2D eigenvalue weighted by atomic mass is 9.81. The number of hydrogen-bond donors (Lipinski definition) is 7. The van der Waals surface area contributed by atoms with Gasteiger partial charge in [0.25, 0.3) is 0 Å². The van der Waals surface area contributed by atoms with Crippen molar-refractivity contribution in [3.63, 3.8) is 0 Å². The molecule has 1 amide bonds. The normalized spacial score (nSPS) is 14.5. The van der Waals surface area contributed by atoms with E-state index in [4.69, 9.17) is 10.8 Å². The number of carboxylic acids is 3. The van der Waals surface area contributed by atoms with Gasteiger partial charge in [0.2, 0.25) is 5.91 Å². The van der Waals surface area contributed by atoms with Gasteiger partial charge in [-0.1, -0.05) is 27.7 Å². The summed E-state index contributed by atoms with van der Waals surface area (Å²) in [5.41, 5.74) is 2.92. The quantitative estimate of drug-likeness (QED) is 0.102. The Balaban J connectivity index is 5.83. The molecule has 0 aromatic rings. The molecule has 0 aliphatic heterocycles. The number of hydrogen-bond acceptors (Lipinski definition) is 9. The van der Waals surface area contributed by atoms with Gasteiger partial charge < -0.3 is 26.4 Å². The van der Waals surface area contributed by atoms with Crippen molar-refractivity contribution in [1.82, 2.24) is 16.0 Å². The van der Waals surface area contributed by atoms with Gasteiger partial charge in [0.05, 0.1) is 17.1 Å². The van der Waals surface area contributed by atoms with E-state index in [1.165, 1.54) is 0 Å². The number of nitrogens with two attached hydrogens (primary N) is 1. The summed E-state index contributed by atoms with van der Waals surface area (Å²) < 4.78 is 0. The number of rotatable bonds is 21. The molecule has 0 aromatic heterocycles. The highest BCUT2D eigenvalue weighted by Gasteiger charge is 2.43. The average Bonchev–Trinajstić information content (AvgIpc) is 2.87. The number of amides is 1. The molecule has 0 spiro atoms. The van der Waals surface area contributed by atoms with Gasteiger partial charge in [-0.05, 0) is 59.3 Å². The minimum absolute atomic E-state index is 0.188. The van der Waals surface area contributed by atoms with Gasteiger partial charge in [0.1, 0.15) is 12.1 Å². The van der Waals surface area contributed by atoms with Gasteiger partial charge in [-0.15, -0.1) is 0 Å². The summed E-state index contributed by atoms with van der Waals surface area (Å²) >= 11 is 0. The van der Waals surface area contributed by atoms with Gasteiger partial charge in [-0.2, -0.15) is 0 Å². The van der Waals surface area contributed by atoms with Crippen LogP contribution in [-0.2, 0) is 28.8 Å². The standard InChI is InChI=1S/C28H50N4O9/c1-8-27(9-2,30-19(25(40)41)13-15-22(35)36)20(33)14-12-18(24(38)39)31-28(10-3,11-4)23(37)17(29)16-21(34)32-26(5,6)7/h17-19,30-31H,8-16,29H2,1-7H3,(H,32,34)(H,35,36)(H,38,39)(H,40,41)/t17-,18-,19-/m0/s1. The molecular weight excluding hydrogens is 536 g/mol. The molecule has 0 rings (SSSR count). The summed E-state index contributed by atoms with van der Waals surface area (Å²) in [6.45, 7) is 12.2. The van der Waals surface area contributed by atoms with Crippen molar-refractivity contribution in [2.45, 2.75) is 141 Å². The molecule has 0 unspecified atom stereocenters. The van der Waals surface area contributed by atoms with Crippen molar-refractivity contribution in [3.8, 4) is 0 Å².